The Morgan fingerprint density at radius 3 is 1.96 bits per heavy atom. The minimum absolute atomic E-state index is 0.149. The van der Waals surface area contributed by atoms with Crippen LogP contribution >= 0.6 is 0 Å². The number of fused-ring (bicyclic) bond motifs is 1. The average Bonchev–Trinajstić information content (AvgIpc) is 2.96. The second-order valence-corrected chi connectivity index (χ2v) is 6.79. The van der Waals surface area contributed by atoms with Gasteiger partial charge in [-0.15, -0.1) is 0 Å². The minimum atomic E-state index is -0.149. The van der Waals surface area contributed by atoms with Gasteiger partial charge in [-0.2, -0.15) is 0 Å². The molecule has 0 N–H and O–H groups in total. The highest BCUT2D eigenvalue weighted by Crippen LogP contribution is 2.28. The molecule has 2 aromatic rings. The van der Waals surface area contributed by atoms with E-state index in [4.69, 9.17) is 4.74 Å². The van der Waals surface area contributed by atoms with Gasteiger partial charge >= 0.3 is 0 Å². The summed E-state index contributed by atoms with van der Waals surface area (Å²) < 4.78 is 5.64. The standard InChI is InChI=1S/C12H13NO2.C12H8O/c1-2-3-8-13-11(14)9-6-4-5-7-10(9)12(13)15;1-2-4-10(5-3-1)13-12-8-9-6-7-11(9)12/h4-7H,2-3,8H2,1H3;1-8H. The van der Waals surface area contributed by atoms with E-state index in [0.29, 0.717) is 17.7 Å². The third kappa shape index (κ3) is 3.29. The lowest BCUT2D eigenvalue weighted by Crippen LogP contribution is -2.30. The predicted octanol–water partition coefficient (Wildman–Crippen LogP) is 5.16. The van der Waals surface area contributed by atoms with Crippen LogP contribution in [0, 0.1) is 10.4 Å². The molecule has 0 fully saturated rings. The number of amides is 2. The van der Waals surface area contributed by atoms with Crippen molar-refractivity contribution in [3.63, 3.8) is 0 Å². The third-order valence-electron chi connectivity index (χ3n) is 4.88. The summed E-state index contributed by atoms with van der Waals surface area (Å²) in [6.07, 6.45) is 1.85. The highest BCUT2D eigenvalue weighted by atomic mass is 16.5. The quantitative estimate of drug-likeness (QED) is 0.455. The number of unbranched alkanes of at least 4 members (excludes halogenated alkanes) is 1. The molecule has 0 radical (unpaired) electrons. The monoisotopic (exact) mass is 371 g/mol. The van der Waals surface area contributed by atoms with Crippen molar-refractivity contribution in [2.45, 2.75) is 19.8 Å². The number of hydrogen-bond acceptors (Lipinski definition) is 3. The van der Waals surface area contributed by atoms with Crippen molar-refractivity contribution in [1.29, 1.82) is 0 Å². The van der Waals surface area contributed by atoms with Crippen LogP contribution in [0.3, 0.4) is 0 Å². The normalized spacial score (nSPS) is 13.0. The van der Waals surface area contributed by atoms with E-state index >= 15 is 0 Å². The fraction of sp³-hybridized carbons (Fsp3) is 0.167. The molecule has 0 spiro atoms. The first kappa shape index (κ1) is 18.0. The maximum atomic E-state index is 11.8. The number of nitrogens with zero attached hydrogens (tertiary/aromatic N) is 1. The van der Waals surface area contributed by atoms with E-state index < -0.39 is 0 Å². The van der Waals surface area contributed by atoms with Crippen LogP contribution in [0.15, 0.2) is 72.8 Å². The number of rotatable bonds is 5. The zero-order valence-electron chi connectivity index (χ0n) is 15.7. The molecule has 0 saturated heterocycles. The van der Waals surface area contributed by atoms with Gasteiger partial charge in [-0.05, 0) is 42.0 Å². The molecule has 4 nitrogen and oxygen atoms in total. The summed E-state index contributed by atoms with van der Waals surface area (Å²) in [5.74, 6) is 1.59. The Labute approximate surface area is 163 Å². The molecule has 28 heavy (non-hydrogen) atoms. The molecule has 0 bridgehead atoms. The van der Waals surface area contributed by atoms with Gasteiger partial charge in [0.25, 0.3) is 11.8 Å². The fourth-order valence-electron chi connectivity index (χ4n) is 3.21. The summed E-state index contributed by atoms with van der Waals surface area (Å²) >= 11 is 0. The van der Waals surface area contributed by atoms with Gasteiger partial charge in [0.2, 0.25) is 0 Å². The molecule has 0 unspecified atom stereocenters. The van der Waals surface area contributed by atoms with Gasteiger partial charge in [0.05, 0.1) is 11.1 Å². The highest BCUT2D eigenvalue weighted by Gasteiger charge is 2.34. The summed E-state index contributed by atoms with van der Waals surface area (Å²) in [7, 11) is 0. The van der Waals surface area contributed by atoms with Gasteiger partial charge in [0.15, 0.2) is 0 Å². The Kier molecular flexibility index (Phi) is 4.94. The van der Waals surface area contributed by atoms with Gasteiger partial charge < -0.3 is 4.74 Å². The van der Waals surface area contributed by atoms with Crippen molar-refractivity contribution in [3.8, 4) is 11.5 Å². The summed E-state index contributed by atoms with van der Waals surface area (Å²) in [4.78, 5) is 25.0. The van der Waals surface area contributed by atoms with Gasteiger partial charge in [-0.25, -0.2) is 0 Å². The Balaban J connectivity index is 0.000000138. The van der Waals surface area contributed by atoms with Gasteiger partial charge in [-0.1, -0.05) is 55.8 Å². The van der Waals surface area contributed by atoms with E-state index in [9.17, 15) is 9.59 Å². The van der Waals surface area contributed by atoms with Crippen LogP contribution in [0.1, 0.15) is 40.5 Å². The first-order valence-corrected chi connectivity index (χ1v) is 9.51. The molecule has 0 atom stereocenters. The van der Waals surface area contributed by atoms with E-state index in [1.807, 2.05) is 37.3 Å². The maximum Gasteiger partial charge on any atom is 0.261 e. The second kappa shape index (κ2) is 7.69. The van der Waals surface area contributed by atoms with E-state index in [-0.39, 0.29) is 11.8 Å². The summed E-state index contributed by atoms with van der Waals surface area (Å²) in [6, 6.07) is 23.1. The van der Waals surface area contributed by atoms with Crippen molar-refractivity contribution in [2.24, 2.45) is 0 Å². The van der Waals surface area contributed by atoms with Crippen molar-refractivity contribution >= 4 is 11.8 Å². The SMILES string of the molecule is CCCCN1C(=O)c2ccccc2C1=O.c1ccc(Oc2cc3ccc2=3)cc1. The molecule has 0 saturated carbocycles. The molecular formula is C24H21NO3. The number of ether oxygens (including phenoxy) is 1. The molecule has 2 aromatic carbocycles. The first-order chi connectivity index (χ1) is 13.7. The molecule has 1 heterocycles. The lowest BCUT2D eigenvalue weighted by atomic mass is 10.1. The average molecular weight is 371 g/mol. The van der Waals surface area contributed by atoms with Crippen LogP contribution < -0.4 is 4.74 Å². The Morgan fingerprint density at radius 2 is 1.46 bits per heavy atom. The molecule has 4 heteroatoms. The van der Waals surface area contributed by atoms with Crippen molar-refractivity contribution < 1.29 is 14.3 Å². The number of carbonyl (C=O) groups is 2. The first-order valence-electron chi connectivity index (χ1n) is 9.51. The lowest BCUT2D eigenvalue weighted by Gasteiger charge is -2.12. The van der Waals surface area contributed by atoms with Crippen molar-refractivity contribution in [3.05, 3.63) is 94.4 Å². The highest BCUT2D eigenvalue weighted by molar-refractivity contribution is 6.21. The molecule has 1 aliphatic heterocycles. The van der Waals surface area contributed by atoms with Crippen LogP contribution in [0.2, 0.25) is 0 Å². The number of carbonyl (C=O) groups excluding carboxylic acids is 2. The molecule has 5 rings (SSSR count). The van der Waals surface area contributed by atoms with Crippen LogP contribution in [-0.2, 0) is 0 Å². The maximum absolute atomic E-state index is 11.8. The van der Waals surface area contributed by atoms with Crippen LogP contribution in [0.5, 0.6) is 11.5 Å². The molecule has 3 aliphatic rings. The zero-order valence-corrected chi connectivity index (χ0v) is 15.7. The minimum Gasteiger partial charge on any atom is -0.457 e. The van der Waals surface area contributed by atoms with E-state index in [1.165, 1.54) is 15.3 Å². The lowest BCUT2D eigenvalue weighted by molar-refractivity contribution is 0.0652. The summed E-state index contributed by atoms with van der Waals surface area (Å²) in [5, 5.41) is 2.56. The van der Waals surface area contributed by atoms with E-state index in [2.05, 4.69) is 18.2 Å². The number of benzene rings is 3. The molecule has 2 amide bonds. The van der Waals surface area contributed by atoms with Crippen LogP contribution in [0.4, 0.5) is 0 Å². The molecule has 2 aliphatic carbocycles. The number of imide groups is 1. The smallest absolute Gasteiger partial charge is 0.261 e. The third-order valence-corrected chi connectivity index (χ3v) is 4.88. The topological polar surface area (TPSA) is 46.6 Å². The number of hydrogen-bond donors (Lipinski definition) is 0. The van der Waals surface area contributed by atoms with Crippen molar-refractivity contribution in [2.75, 3.05) is 6.54 Å². The van der Waals surface area contributed by atoms with Crippen LogP contribution in [-0.4, -0.2) is 23.3 Å². The Hall–Kier alpha value is -3.40. The molecule has 140 valence electrons. The van der Waals surface area contributed by atoms with Gasteiger partial charge in [0, 0.05) is 11.8 Å². The van der Waals surface area contributed by atoms with Gasteiger partial charge in [-0.3, -0.25) is 14.5 Å². The largest absolute Gasteiger partial charge is 0.457 e. The molecular weight excluding hydrogens is 350 g/mol. The second-order valence-electron chi connectivity index (χ2n) is 6.79. The van der Waals surface area contributed by atoms with E-state index in [1.54, 1.807) is 24.3 Å². The van der Waals surface area contributed by atoms with Gasteiger partial charge in [0.1, 0.15) is 11.5 Å². The molecule has 0 aromatic heterocycles. The summed E-state index contributed by atoms with van der Waals surface area (Å²) in [6.45, 7) is 2.57. The summed E-state index contributed by atoms with van der Waals surface area (Å²) in [5.41, 5.74) is 1.08. The van der Waals surface area contributed by atoms with Crippen molar-refractivity contribution in [1.82, 2.24) is 4.90 Å². The zero-order chi connectivity index (χ0) is 19.5. The van der Waals surface area contributed by atoms with E-state index in [0.717, 1.165) is 24.3 Å². The predicted molar refractivity (Wildman–Crippen MR) is 107 cm³/mol. The number of para-hydroxylation sites is 1. The fourth-order valence-corrected chi connectivity index (χ4v) is 3.21. The Bertz CT molecular complexity index is 1090. The van der Waals surface area contributed by atoms with Crippen LogP contribution in [0.25, 0.3) is 0 Å². The Morgan fingerprint density at radius 1 is 0.821 bits per heavy atom.